The van der Waals surface area contributed by atoms with Crippen LogP contribution in [0.3, 0.4) is 0 Å². The zero-order valence-corrected chi connectivity index (χ0v) is 18.4. The second kappa shape index (κ2) is 9.22. The molecule has 0 bridgehead atoms. The van der Waals surface area contributed by atoms with E-state index in [2.05, 4.69) is 5.32 Å². The summed E-state index contributed by atoms with van der Waals surface area (Å²) in [6.07, 6.45) is 1.28. The van der Waals surface area contributed by atoms with Crippen LogP contribution in [-0.4, -0.2) is 31.7 Å². The van der Waals surface area contributed by atoms with Crippen LogP contribution in [0.4, 0.5) is 5.69 Å². The number of benzene rings is 3. The van der Waals surface area contributed by atoms with Gasteiger partial charge in [0.25, 0.3) is 0 Å². The molecule has 0 aliphatic carbocycles. The van der Waals surface area contributed by atoms with E-state index in [1.807, 2.05) is 54.6 Å². The van der Waals surface area contributed by atoms with Gasteiger partial charge in [-0.05, 0) is 48.7 Å². The Morgan fingerprint density at radius 1 is 0.935 bits per heavy atom. The molecular formula is C24H23ClN2O3S. The molecule has 1 atom stereocenters. The molecule has 0 radical (unpaired) electrons. The van der Waals surface area contributed by atoms with Crippen molar-refractivity contribution in [2.24, 2.45) is 5.92 Å². The number of carbonyl (C=O) groups is 1. The lowest BCUT2D eigenvalue weighted by molar-refractivity contribution is -0.120. The fraction of sp³-hybridized carbons (Fsp3) is 0.208. The first-order valence-corrected chi connectivity index (χ1v) is 12.0. The van der Waals surface area contributed by atoms with Crippen LogP contribution in [0, 0.1) is 5.92 Å². The fourth-order valence-corrected chi connectivity index (χ4v) is 5.48. The van der Waals surface area contributed by atoms with Crippen molar-refractivity contribution in [2.75, 3.05) is 18.4 Å². The molecule has 1 saturated heterocycles. The molecule has 0 spiro atoms. The number of nitrogens with zero attached hydrogens (tertiary/aromatic N) is 1. The summed E-state index contributed by atoms with van der Waals surface area (Å²) in [6.45, 7) is 0.555. The lowest BCUT2D eigenvalue weighted by Gasteiger charge is -2.31. The number of rotatable bonds is 5. The van der Waals surface area contributed by atoms with Gasteiger partial charge in [0.05, 0.1) is 10.8 Å². The summed E-state index contributed by atoms with van der Waals surface area (Å²) in [5.74, 6) is -0.584. The van der Waals surface area contributed by atoms with Crippen LogP contribution >= 0.6 is 11.6 Å². The lowest BCUT2D eigenvalue weighted by Crippen LogP contribution is -2.43. The summed E-state index contributed by atoms with van der Waals surface area (Å²) in [6, 6.07) is 23.6. The zero-order chi connectivity index (χ0) is 21.8. The largest absolute Gasteiger partial charge is 0.325 e. The minimum Gasteiger partial charge on any atom is -0.325 e. The van der Waals surface area contributed by atoms with Crippen molar-refractivity contribution in [2.45, 2.75) is 17.7 Å². The fourth-order valence-electron chi connectivity index (χ4n) is 3.83. The van der Waals surface area contributed by atoms with E-state index >= 15 is 0 Å². The summed E-state index contributed by atoms with van der Waals surface area (Å²) >= 11 is 5.88. The summed E-state index contributed by atoms with van der Waals surface area (Å²) in [7, 11) is -3.67. The van der Waals surface area contributed by atoms with Gasteiger partial charge in [-0.15, -0.1) is 0 Å². The van der Waals surface area contributed by atoms with Gasteiger partial charge in [-0.25, -0.2) is 8.42 Å². The molecule has 1 fully saturated rings. The molecule has 7 heteroatoms. The molecule has 5 nitrogen and oxygen atoms in total. The highest BCUT2D eigenvalue weighted by Gasteiger charge is 2.33. The van der Waals surface area contributed by atoms with Crippen LogP contribution < -0.4 is 5.32 Å². The lowest BCUT2D eigenvalue weighted by atomic mass is 9.98. The van der Waals surface area contributed by atoms with E-state index in [4.69, 9.17) is 11.6 Å². The number of sulfonamides is 1. The predicted octanol–water partition coefficient (Wildman–Crippen LogP) is 5.05. The van der Waals surface area contributed by atoms with Gasteiger partial charge in [0.15, 0.2) is 0 Å². The normalized spacial score (nSPS) is 17.3. The van der Waals surface area contributed by atoms with Crippen LogP contribution in [0.15, 0.2) is 83.8 Å². The topological polar surface area (TPSA) is 66.5 Å². The average Bonchev–Trinajstić information content (AvgIpc) is 2.80. The van der Waals surface area contributed by atoms with Crippen LogP contribution in [0.25, 0.3) is 11.1 Å². The van der Waals surface area contributed by atoms with Crippen LogP contribution in [-0.2, 0) is 14.8 Å². The molecule has 1 aliphatic rings. The second-order valence-corrected chi connectivity index (χ2v) is 9.93. The van der Waals surface area contributed by atoms with Gasteiger partial charge in [0.1, 0.15) is 0 Å². The monoisotopic (exact) mass is 454 g/mol. The maximum absolute atomic E-state index is 13.1. The standard InChI is InChI=1S/C24H23ClN2O3S/c25-20-12-14-21(15-13-20)31(29,30)27-16-6-9-19(17-27)24(28)26-23-11-5-4-10-22(23)18-7-2-1-3-8-18/h1-5,7-8,10-15,19H,6,9,16-17H2,(H,26,28)/t19-/m1/s1. The maximum atomic E-state index is 13.1. The highest BCUT2D eigenvalue weighted by Crippen LogP contribution is 2.30. The summed E-state index contributed by atoms with van der Waals surface area (Å²) in [4.78, 5) is 13.2. The maximum Gasteiger partial charge on any atom is 0.243 e. The number of para-hydroxylation sites is 1. The smallest absolute Gasteiger partial charge is 0.243 e. The first kappa shape index (κ1) is 21.6. The van der Waals surface area contributed by atoms with Crippen molar-refractivity contribution in [1.29, 1.82) is 0 Å². The Labute approximate surface area is 187 Å². The van der Waals surface area contributed by atoms with Gasteiger partial charge in [0.2, 0.25) is 15.9 Å². The number of piperidine rings is 1. The Hall–Kier alpha value is -2.67. The number of anilines is 1. The molecule has 0 unspecified atom stereocenters. The molecule has 3 aromatic carbocycles. The molecule has 1 heterocycles. The molecule has 0 aromatic heterocycles. The molecule has 160 valence electrons. The quantitative estimate of drug-likeness (QED) is 0.586. The van der Waals surface area contributed by atoms with E-state index in [1.54, 1.807) is 12.1 Å². The highest BCUT2D eigenvalue weighted by molar-refractivity contribution is 7.89. The summed E-state index contributed by atoms with van der Waals surface area (Å²) in [5.41, 5.74) is 2.66. The van der Waals surface area contributed by atoms with Gasteiger partial charge in [-0.2, -0.15) is 4.31 Å². The third-order valence-corrected chi connectivity index (χ3v) is 7.61. The molecule has 31 heavy (non-hydrogen) atoms. The average molecular weight is 455 g/mol. The van der Waals surface area contributed by atoms with E-state index in [0.717, 1.165) is 16.8 Å². The molecule has 0 saturated carbocycles. The molecule has 4 rings (SSSR count). The molecule has 3 aromatic rings. The highest BCUT2D eigenvalue weighted by atomic mass is 35.5. The summed E-state index contributed by atoms with van der Waals surface area (Å²) in [5, 5.41) is 3.50. The van der Waals surface area contributed by atoms with Crippen molar-refractivity contribution in [1.82, 2.24) is 4.31 Å². The van der Waals surface area contributed by atoms with Gasteiger partial charge < -0.3 is 5.32 Å². The zero-order valence-electron chi connectivity index (χ0n) is 16.9. The van der Waals surface area contributed by atoms with Crippen molar-refractivity contribution < 1.29 is 13.2 Å². The molecule has 1 amide bonds. The van der Waals surface area contributed by atoms with E-state index in [9.17, 15) is 13.2 Å². The molecule has 1 aliphatic heterocycles. The van der Waals surface area contributed by atoms with Crippen molar-refractivity contribution >= 4 is 33.2 Å². The Bertz CT molecular complexity index is 1160. The van der Waals surface area contributed by atoms with Crippen molar-refractivity contribution in [3.05, 3.63) is 83.9 Å². The number of hydrogen-bond donors (Lipinski definition) is 1. The van der Waals surface area contributed by atoms with Crippen LogP contribution in [0.2, 0.25) is 5.02 Å². The number of carbonyl (C=O) groups excluding carboxylic acids is 1. The van der Waals surface area contributed by atoms with Gasteiger partial charge in [-0.1, -0.05) is 60.1 Å². The van der Waals surface area contributed by atoms with Crippen LogP contribution in [0.5, 0.6) is 0 Å². The number of nitrogens with one attached hydrogen (secondary N) is 1. The number of amides is 1. The predicted molar refractivity (Wildman–Crippen MR) is 123 cm³/mol. The minimum absolute atomic E-state index is 0.157. The third-order valence-electron chi connectivity index (χ3n) is 5.48. The molecular weight excluding hydrogens is 432 g/mol. The van der Waals surface area contributed by atoms with Crippen molar-refractivity contribution in [3.63, 3.8) is 0 Å². The number of hydrogen-bond acceptors (Lipinski definition) is 3. The second-order valence-electron chi connectivity index (χ2n) is 7.56. The van der Waals surface area contributed by atoms with Crippen LogP contribution in [0.1, 0.15) is 12.8 Å². The third kappa shape index (κ3) is 4.82. The first-order chi connectivity index (χ1) is 14.9. The Balaban J connectivity index is 1.51. The SMILES string of the molecule is O=C(Nc1ccccc1-c1ccccc1)[C@@H]1CCCN(S(=O)(=O)c2ccc(Cl)cc2)C1. The van der Waals surface area contributed by atoms with E-state index in [0.29, 0.717) is 24.4 Å². The Kier molecular flexibility index (Phi) is 6.41. The number of halogens is 1. The van der Waals surface area contributed by atoms with E-state index in [1.165, 1.54) is 16.4 Å². The van der Waals surface area contributed by atoms with Gasteiger partial charge in [0, 0.05) is 29.4 Å². The minimum atomic E-state index is -3.67. The van der Waals surface area contributed by atoms with E-state index in [-0.39, 0.29) is 17.3 Å². The van der Waals surface area contributed by atoms with Gasteiger partial charge >= 0.3 is 0 Å². The Morgan fingerprint density at radius 2 is 1.61 bits per heavy atom. The van der Waals surface area contributed by atoms with Crippen molar-refractivity contribution in [3.8, 4) is 11.1 Å². The van der Waals surface area contributed by atoms with E-state index < -0.39 is 15.9 Å². The first-order valence-electron chi connectivity index (χ1n) is 10.2. The molecule has 1 N–H and O–H groups in total. The summed E-state index contributed by atoms with van der Waals surface area (Å²) < 4.78 is 27.4. The Morgan fingerprint density at radius 3 is 2.35 bits per heavy atom. The van der Waals surface area contributed by atoms with Gasteiger partial charge in [-0.3, -0.25) is 4.79 Å².